The number of aliphatic imine (C=N–C) groups is 1. The molecule has 9 heavy (non-hydrogen) atoms. The summed E-state index contributed by atoms with van der Waals surface area (Å²) < 4.78 is 0.829. The summed E-state index contributed by atoms with van der Waals surface area (Å²) in [4.78, 5) is 4.21. The van der Waals surface area contributed by atoms with E-state index in [2.05, 4.69) is 10.3 Å². The van der Waals surface area contributed by atoms with Crippen molar-refractivity contribution in [2.75, 3.05) is 0 Å². The monoisotopic (exact) mass is 160 g/mol. The van der Waals surface area contributed by atoms with Crippen molar-refractivity contribution in [3.63, 3.8) is 0 Å². The summed E-state index contributed by atoms with van der Waals surface area (Å²) in [5.41, 5.74) is 0. The molecule has 0 aliphatic carbocycles. The summed E-state index contributed by atoms with van der Waals surface area (Å²) in [5.74, 6) is 0. The summed E-state index contributed by atoms with van der Waals surface area (Å²) in [5, 5.41) is 4.06. The summed E-state index contributed by atoms with van der Waals surface area (Å²) in [6.45, 7) is 3.95. The SMILES string of the molecule is CC1=NC(C)NC(=S)S1. The van der Waals surface area contributed by atoms with E-state index in [-0.39, 0.29) is 6.17 Å². The molecule has 1 N–H and O–H groups in total. The van der Waals surface area contributed by atoms with Crippen molar-refractivity contribution in [1.29, 1.82) is 0 Å². The number of nitrogens with zero attached hydrogens (tertiary/aromatic N) is 1. The minimum Gasteiger partial charge on any atom is -0.349 e. The van der Waals surface area contributed by atoms with E-state index in [0.717, 1.165) is 9.36 Å². The van der Waals surface area contributed by atoms with E-state index in [9.17, 15) is 0 Å². The predicted molar refractivity (Wildman–Crippen MR) is 45.9 cm³/mol. The molecule has 1 rings (SSSR count). The van der Waals surface area contributed by atoms with Crippen LogP contribution in [0.2, 0.25) is 0 Å². The first-order valence-electron chi connectivity index (χ1n) is 2.71. The second-order valence-electron chi connectivity index (χ2n) is 1.86. The maximum atomic E-state index is 4.93. The average molecular weight is 160 g/mol. The van der Waals surface area contributed by atoms with Gasteiger partial charge in [-0.25, -0.2) is 0 Å². The lowest BCUT2D eigenvalue weighted by atomic mass is 10.6. The molecule has 1 unspecified atom stereocenters. The fraction of sp³-hybridized carbons (Fsp3) is 0.600. The third kappa shape index (κ3) is 1.95. The molecule has 0 aromatic carbocycles. The minimum absolute atomic E-state index is 0.166. The Balaban J connectivity index is 2.67. The molecule has 0 spiro atoms. The Kier molecular flexibility index (Phi) is 2.08. The van der Waals surface area contributed by atoms with Gasteiger partial charge in [0, 0.05) is 0 Å². The molecule has 2 nitrogen and oxygen atoms in total. The van der Waals surface area contributed by atoms with Crippen LogP contribution in [-0.4, -0.2) is 15.5 Å². The highest BCUT2D eigenvalue weighted by Gasteiger charge is 2.10. The lowest BCUT2D eigenvalue weighted by Gasteiger charge is -2.17. The molecule has 0 aromatic heterocycles. The number of thiocarbonyl (C=S) groups is 1. The van der Waals surface area contributed by atoms with Gasteiger partial charge in [0.25, 0.3) is 0 Å². The van der Waals surface area contributed by atoms with Crippen LogP contribution in [0, 0.1) is 0 Å². The van der Waals surface area contributed by atoms with Gasteiger partial charge in [0.2, 0.25) is 0 Å². The Bertz CT molecular complexity index is 164. The Hall–Kier alpha value is -0.0900. The minimum atomic E-state index is 0.166. The molecule has 0 saturated heterocycles. The highest BCUT2D eigenvalue weighted by molar-refractivity contribution is 8.33. The van der Waals surface area contributed by atoms with Gasteiger partial charge in [0.05, 0.1) is 5.04 Å². The van der Waals surface area contributed by atoms with Crippen molar-refractivity contribution >= 4 is 33.3 Å². The molecule has 0 bridgehead atoms. The van der Waals surface area contributed by atoms with Crippen molar-refractivity contribution in [3.05, 3.63) is 0 Å². The standard InChI is InChI=1S/C5H8N2S2/c1-3-6-4(2)9-5(8)7-3/h3H,1-2H3,(H,7,8). The molecule has 0 aromatic rings. The highest BCUT2D eigenvalue weighted by Crippen LogP contribution is 2.11. The molecule has 0 saturated carbocycles. The fourth-order valence-electron chi connectivity index (χ4n) is 0.666. The van der Waals surface area contributed by atoms with Gasteiger partial charge in [0.1, 0.15) is 10.5 Å². The topological polar surface area (TPSA) is 24.4 Å². The average Bonchev–Trinajstić information content (AvgIpc) is 1.59. The van der Waals surface area contributed by atoms with Crippen LogP contribution in [0.15, 0.2) is 4.99 Å². The largest absolute Gasteiger partial charge is 0.349 e. The van der Waals surface area contributed by atoms with Crippen molar-refractivity contribution in [3.8, 4) is 0 Å². The predicted octanol–water partition coefficient (Wildman–Crippen LogP) is 1.37. The maximum absolute atomic E-state index is 4.93. The molecule has 1 aliphatic heterocycles. The van der Waals surface area contributed by atoms with E-state index in [1.54, 1.807) is 0 Å². The van der Waals surface area contributed by atoms with E-state index < -0.39 is 0 Å². The van der Waals surface area contributed by atoms with Crippen LogP contribution in [0.5, 0.6) is 0 Å². The van der Waals surface area contributed by atoms with Crippen LogP contribution < -0.4 is 5.32 Å². The third-order valence-electron chi connectivity index (χ3n) is 0.943. The maximum Gasteiger partial charge on any atom is 0.141 e. The number of rotatable bonds is 0. The van der Waals surface area contributed by atoms with Crippen LogP contribution >= 0.6 is 24.0 Å². The Morgan fingerprint density at radius 3 is 2.89 bits per heavy atom. The van der Waals surface area contributed by atoms with Gasteiger partial charge in [-0.05, 0) is 25.6 Å². The number of hydrogen-bond donors (Lipinski definition) is 1. The Labute approximate surface area is 64.1 Å². The van der Waals surface area contributed by atoms with Crippen LogP contribution in [0.3, 0.4) is 0 Å². The molecule has 0 fully saturated rings. The van der Waals surface area contributed by atoms with E-state index in [0.29, 0.717) is 0 Å². The van der Waals surface area contributed by atoms with Gasteiger partial charge in [-0.3, -0.25) is 4.99 Å². The molecule has 4 heteroatoms. The molecule has 1 aliphatic rings. The van der Waals surface area contributed by atoms with Gasteiger partial charge in [-0.2, -0.15) is 0 Å². The first kappa shape index (κ1) is 7.02. The lowest BCUT2D eigenvalue weighted by Crippen LogP contribution is -2.32. The summed E-state index contributed by atoms with van der Waals surface area (Å²) in [7, 11) is 0. The number of hydrogen-bond acceptors (Lipinski definition) is 3. The molecule has 0 radical (unpaired) electrons. The van der Waals surface area contributed by atoms with E-state index in [4.69, 9.17) is 12.2 Å². The second kappa shape index (κ2) is 2.66. The normalized spacial score (nSPS) is 27.1. The zero-order valence-corrected chi connectivity index (χ0v) is 6.97. The van der Waals surface area contributed by atoms with Crippen molar-refractivity contribution in [2.45, 2.75) is 20.0 Å². The van der Waals surface area contributed by atoms with Gasteiger partial charge in [-0.1, -0.05) is 12.2 Å². The van der Waals surface area contributed by atoms with E-state index in [1.165, 1.54) is 11.8 Å². The second-order valence-corrected chi connectivity index (χ2v) is 3.73. The smallest absolute Gasteiger partial charge is 0.141 e. The lowest BCUT2D eigenvalue weighted by molar-refractivity contribution is 0.712. The van der Waals surface area contributed by atoms with Crippen LogP contribution in [0.25, 0.3) is 0 Å². The van der Waals surface area contributed by atoms with Crippen molar-refractivity contribution in [1.82, 2.24) is 5.32 Å². The summed E-state index contributed by atoms with van der Waals surface area (Å²) in [6, 6.07) is 0. The van der Waals surface area contributed by atoms with Crippen molar-refractivity contribution in [2.24, 2.45) is 4.99 Å². The first-order chi connectivity index (χ1) is 4.18. The van der Waals surface area contributed by atoms with Gasteiger partial charge >= 0.3 is 0 Å². The third-order valence-corrected chi connectivity index (χ3v) is 2.01. The fourth-order valence-corrected chi connectivity index (χ4v) is 1.91. The van der Waals surface area contributed by atoms with E-state index in [1.807, 2.05) is 13.8 Å². The van der Waals surface area contributed by atoms with Crippen LogP contribution in [-0.2, 0) is 0 Å². The molecular formula is C5H8N2S2. The Morgan fingerprint density at radius 1 is 1.78 bits per heavy atom. The zero-order valence-electron chi connectivity index (χ0n) is 5.34. The number of thioether (sulfide) groups is 1. The number of nitrogens with one attached hydrogen (secondary N) is 1. The molecule has 1 heterocycles. The van der Waals surface area contributed by atoms with Gasteiger partial charge in [0.15, 0.2) is 0 Å². The molecule has 1 atom stereocenters. The van der Waals surface area contributed by atoms with Gasteiger partial charge < -0.3 is 5.32 Å². The molecular weight excluding hydrogens is 152 g/mol. The molecule has 50 valence electrons. The van der Waals surface area contributed by atoms with Gasteiger partial charge in [-0.15, -0.1) is 0 Å². The molecule has 0 amide bonds. The quantitative estimate of drug-likeness (QED) is 0.542. The highest BCUT2D eigenvalue weighted by atomic mass is 32.2. The van der Waals surface area contributed by atoms with E-state index >= 15 is 0 Å². The Morgan fingerprint density at radius 2 is 2.44 bits per heavy atom. The summed E-state index contributed by atoms with van der Waals surface area (Å²) >= 11 is 6.45. The van der Waals surface area contributed by atoms with Crippen LogP contribution in [0.1, 0.15) is 13.8 Å². The van der Waals surface area contributed by atoms with Crippen molar-refractivity contribution < 1.29 is 0 Å². The summed E-state index contributed by atoms with van der Waals surface area (Å²) in [6.07, 6.45) is 0.166. The first-order valence-corrected chi connectivity index (χ1v) is 3.93. The van der Waals surface area contributed by atoms with Crippen LogP contribution in [0.4, 0.5) is 0 Å². The zero-order chi connectivity index (χ0) is 6.85.